The van der Waals surface area contributed by atoms with Crippen LogP contribution in [0.5, 0.6) is 11.5 Å². The number of carbonyl (C=O) groups is 1. The predicted octanol–water partition coefficient (Wildman–Crippen LogP) is 3.26. The monoisotopic (exact) mass is 308 g/mol. The molecule has 0 atom stereocenters. The maximum Gasteiger partial charge on any atom is 0.153 e. The maximum atomic E-state index is 11.1. The Labute approximate surface area is 128 Å². The highest BCUT2D eigenvalue weighted by Crippen LogP contribution is 2.26. The molecule has 6 heteroatoms. The van der Waals surface area contributed by atoms with Crippen LogP contribution >= 0.6 is 11.6 Å². The topological polar surface area (TPSA) is 53.4 Å². The van der Waals surface area contributed by atoms with Crippen LogP contribution in [0.15, 0.2) is 18.2 Å². The molecule has 5 nitrogen and oxygen atoms in total. The Bertz CT molecular complexity index is 653. The van der Waals surface area contributed by atoms with Crippen LogP contribution in [0.3, 0.4) is 0 Å². The zero-order valence-corrected chi connectivity index (χ0v) is 13.0. The van der Waals surface area contributed by atoms with Gasteiger partial charge in [0, 0.05) is 12.6 Å². The molecule has 112 valence electrons. The third kappa shape index (κ3) is 3.19. The quantitative estimate of drug-likeness (QED) is 0.769. The Morgan fingerprint density at radius 1 is 1.43 bits per heavy atom. The standard InChI is InChI=1S/C15H17ClN2O3/c1-4-18-13(15(16)10(2)17-18)9-21-14-7-12(20-3)6-5-11(14)8-19/h5-8H,4,9H2,1-3H3. The summed E-state index contributed by atoms with van der Waals surface area (Å²) in [6.07, 6.45) is 0.749. The second kappa shape index (κ2) is 6.63. The van der Waals surface area contributed by atoms with Gasteiger partial charge in [0.15, 0.2) is 6.29 Å². The van der Waals surface area contributed by atoms with E-state index in [0.717, 1.165) is 17.7 Å². The molecular formula is C15H17ClN2O3. The number of carbonyl (C=O) groups excluding carboxylic acids is 1. The van der Waals surface area contributed by atoms with Crippen LogP contribution in [0, 0.1) is 6.92 Å². The number of ether oxygens (including phenoxy) is 2. The van der Waals surface area contributed by atoms with E-state index in [1.165, 1.54) is 0 Å². The lowest BCUT2D eigenvalue weighted by Gasteiger charge is -2.11. The molecule has 0 fully saturated rings. The van der Waals surface area contributed by atoms with Crippen molar-refractivity contribution in [1.29, 1.82) is 0 Å². The first-order valence-electron chi connectivity index (χ1n) is 6.58. The van der Waals surface area contributed by atoms with Crippen LogP contribution in [0.4, 0.5) is 0 Å². The summed E-state index contributed by atoms with van der Waals surface area (Å²) >= 11 is 6.23. The molecule has 21 heavy (non-hydrogen) atoms. The molecular weight excluding hydrogens is 292 g/mol. The highest BCUT2D eigenvalue weighted by atomic mass is 35.5. The molecule has 1 aromatic heterocycles. The number of halogens is 1. The molecule has 0 bridgehead atoms. The van der Waals surface area contributed by atoms with Crippen LogP contribution in [0.1, 0.15) is 28.7 Å². The first-order chi connectivity index (χ1) is 10.1. The Kier molecular flexibility index (Phi) is 4.85. The second-order valence-electron chi connectivity index (χ2n) is 4.47. The van der Waals surface area contributed by atoms with E-state index in [-0.39, 0.29) is 6.61 Å². The molecule has 0 unspecified atom stereocenters. The van der Waals surface area contributed by atoms with Crippen molar-refractivity contribution < 1.29 is 14.3 Å². The fraction of sp³-hybridized carbons (Fsp3) is 0.333. The summed E-state index contributed by atoms with van der Waals surface area (Å²) in [7, 11) is 1.56. The van der Waals surface area contributed by atoms with E-state index < -0.39 is 0 Å². The van der Waals surface area contributed by atoms with E-state index in [9.17, 15) is 4.79 Å². The van der Waals surface area contributed by atoms with Crippen LogP contribution in [-0.2, 0) is 13.2 Å². The van der Waals surface area contributed by atoms with Gasteiger partial charge < -0.3 is 9.47 Å². The van der Waals surface area contributed by atoms with E-state index in [0.29, 0.717) is 28.6 Å². The minimum absolute atomic E-state index is 0.238. The number of rotatable bonds is 6. The third-order valence-electron chi connectivity index (χ3n) is 3.16. The van der Waals surface area contributed by atoms with E-state index >= 15 is 0 Å². The molecule has 0 radical (unpaired) electrons. The van der Waals surface area contributed by atoms with Crippen molar-refractivity contribution >= 4 is 17.9 Å². The van der Waals surface area contributed by atoms with Crippen molar-refractivity contribution in [3.63, 3.8) is 0 Å². The normalized spacial score (nSPS) is 10.5. The van der Waals surface area contributed by atoms with Gasteiger partial charge in [-0.05, 0) is 26.0 Å². The summed E-state index contributed by atoms with van der Waals surface area (Å²) in [4.78, 5) is 11.1. The van der Waals surface area contributed by atoms with E-state index in [2.05, 4.69) is 5.10 Å². The number of aryl methyl sites for hydroxylation is 2. The third-order valence-corrected chi connectivity index (χ3v) is 3.66. The lowest BCUT2D eigenvalue weighted by Crippen LogP contribution is -2.07. The Morgan fingerprint density at radius 3 is 2.81 bits per heavy atom. The first-order valence-corrected chi connectivity index (χ1v) is 6.96. The number of methoxy groups -OCH3 is 1. The van der Waals surface area contributed by atoms with Gasteiger partial charge >= 0.3 is 0 Å². The van der Waals surface area contributed by atoms with Gasteiger partial charge in [-0.15, -0.1) is 0 Å². The molecule has 0 aliphatic rings. The molecule has 0 spiro atoms. The molecule has 0 amide bonds. The van der Waals surface area contributed by atoms with Gasteiger partial charge in [-0.25, -0.2) is 0 Å². The Hall–Kier alpha value is -2.01. The molecule has 2 rings (SSSR count). The van der Waals surface area contributed by atoms with Gasteiger partial charge in [0.05, 0.1) is 29.1 Å². The van der Waals surface area contributed by atoms with Crippen molar-refractivity contribution in [3.8, 4) is 11.5 Å². The molecule has 0 aliphatic carbocycles. The number of benzene rings is 1. The SMILES string of the molecule is CCn1nc(C)c(Cl)c1COc1cc(OC)ccc1C=O. The lowest BCUT2D eigenvalue weighted by molar-refractivity contribution is 0.111. The zero-order valence-electron chi connectivity index (χ0n) is 12.2. The molecule has 0 aliphatic heterocycles. The molecule has 0 saturated heterocycles. The number of aldehydes is 1. The molecule has 2 aromatic rings. The maximum absolute atomic E-state index is 11.1. The van der Waals surface area contributed by atoms with Gasteiger partial charge in [-0.2, -0.15) is 5.10 Å². The van der Waals surface area contributed by atoms with Crippen LogP contribution in [0.25, 0.3) is 0 Å². The van der Waals surface area contributed by atoms with Crippen LogP contribution in [0.2, 0.25) is 5.02 Å². The Balaban J connectivity index is 2.25. The van der Waals surface area contributed by atoms with Gasteiger partial charge in [-0.3, -0.25) is 9.48 Å². The Morgan fingerprint density at radius 2 is 2.19 bits per heavy atom. The van der Waals surface area contributed by atoms with Crippen LogP contribution in [-0.4, -0.2) is 23.2 Å². The van der Waals surface area contributed by atoms with Gasteiger partial charge in [0.2, 0.25) is 0 Å². The van der Waals surface area contributed by atoms with Crippen molar-refractivity contribution in [3.05, 3.63) is 40.2 Å². The average molecular weight is 309 g/mol. The fourth-order valence-corrected chi connectivity index (χ4v) is 2.21. The largest absolute Gasteiger partial charge is 0.497 e. The van der Waals surface area contributed by atoms with Crippen molar-refractivity contribution in [2.24, 2.45) is 0 Å². The highest BCUT2D eigenvalue weighted by Gasteiger charge is 2.14. The van der Waals surface area contributed by atoms with E-state index in [1.54, 1.807) is 30.0 Å². The van der Waals surface area contributed by atoms with Crippen LogP contribution < -0.4 is 9.47 Å². The summed E-state index contributed by atoms with van der Waals surface area (Å²) in [5, 5.41) is 4.92. The molecule has 0 N–H and O–H groups in total. The highest BCUT2D eigenvalue weighted by molar-refractivity contribution is 6.31. The minimum Gasteiger partial charge on any atom is -0.497 e. The number of aromatic nitrogens is 2. The van der Waals surface area contributed by atoms with Gasteiger partial charge in [-0.1, -0.05) is 11.6 Å². The van der Waals surface area contributed by atoms with E-state index in [1.807, 2.05) is 13.8 Å². The smallest absolute Gasteiger partial charge is 0.153 e. The summed E-state index contributed by atoms with van der Waals surface area (Å²) in [6, 6.07) is 5.05. The summed E-state index contributed by atoms with van der Waals surface area (Å²) in [6.45, 7) is 4.77. The predicted molar refractivity (Wildman–Crippen MR) is 80.4 cm³/mol. The summed E-state index contributed by atoms with van der Waals surface area (Å²) in [5.74, 6) is 1.09. The molecule has 0 saturated carbocycles. The lowest BCUT2D eigenvalue weighted by atomic mass is 10.2. The molecule has 1 aromatic carbocycles. The first kappa shape index (κ1) is 15.4. The van der Waals surface area contributed by atoms with E-state index in [4.69, 9.17) is 21.1 Å². The number of hydrogen-bond donors (Lipinski definition) is 0. The van der Waals surface area contributed by atoms with Gasteiger partial charge in [0.25, 0.3) is 0 Å². The number of nitrogens with zero attached hydrogens (tertiary/aromatic N) is 2. The average Bonchev–Trinajstić information content (AvgIpc) is 2.79. The second-order valence-corrected chi connectivity index (χ2v) is 4.85. The fourth-order valence-electron chi connectivity index (χ4n) is 2.02. The molecule has 1 heterocycles. The minimum atomic E-state index is 0.238. The van der Waals surface area contributed by atoms with Gasteiger partial charge in [0.1, 0.15) is 18.1 Å². The number of hydrogen-bond acceptors (Lipinski definition) is 4. The summed E-state index contributed by atoms with van der Waals surface area (Å²) in [5.41, 5.74) is 2.01. The van der Waals surface area contributed by atoms with Crippen molar-refractivity contribution in [2.45, 2.75) is 27.0 Å². The van der Waals surface area contributed by atoms with Crippen molar-refractivity contribution in [2.75, 3.05) is 7.11 Å². The summed E-state index contributed by atoms with van der Waals surface area (Å²) < 4.78 is 12.7. The zero-order chi connectivity index (χ0) is 15.4. The van der Waals surface area contributed by atoms with Crippen molar-refractivity contribution in [1.82, 2.24) is 9.78 Å².